The van der Waals surface area contributed by atoms with E-state index in [-0.39, 0.29) is 4.90 Å². The van der Waals surface area contributed by atoms with Gasteiger partial charge in [0.2, 0.25) is 0 Å². The summed E-state index contributed by atoms with van der Waals surface area (Å²) >= 11 is 0. The van der Waals surface area contributed by atoms with E-state index in [1.54, 1.807) is 36.5 Å². The Morgan fingerprint density at radius 1 is 0.909 bits per heavy atom. The number of para-hydroxylation sites is 1. The molecule has 0 aliphatic carbocycles. The standard InChI is InChI=1S/C26H23N3O3S/c1-19-11-13-22(14-12-19)33(30,31)29-16-24(23-9-5-6-10-26(23)29)25-15-21(27-28-25)18-32-17-20-7-3-2-4-8-20/h2-16H,17-18H2,1H3,(H,27,28). The van der Waals surface area contributed by atoms with E-state index in [4.69, 9.17) is 4.74 Å². The lowest BCUT2D eigenvalue weighted by Gasteiger charge is -2.07. The van der Waals surface area contributed by atoms with Gasteiger partial charge in [-0.1, -0.05) is 66.2 Å². The lowest BCUT2D eigenvalue weighted by atomic mass is 10.1. The van der Waals surface area contributed by atoms with Gasteiger partial charge in [-0.15, -0.1) is 0 Å². The van der Waals surface area contributed by atoms with Crippen molar-refractivity contribution in [3.8, 4) is 11.3 Å². The number of hydrogen-bond acceptors (Lipinski definition) is 4. The largest absolute Gasteiger partial charge is 0.371 e. The number of aromatic amines is 1. The van der Waals surface area contributed by atoms with Gasteiger partial charge in [0.1, 0.15) is 0 Å². The first-order valence-corrected chi connectivity index (χ1v) is 12.0. The number of aromatic nitrogens is 3. The van der Waals surface area contributed by atoms with Crippen molar-refractivity contribution in [1.82, 2.24) is 14.2 Å². The normalized spacial score (nSPS) is 11.8. The summed E-state index contributed by atoms with van der Waals surface area (Å²) in [5.74, 6) is 0. The zero-order valence-corrected chi connectivity index (χ0v) is 18.9. The number of hydrogen-bond donors (Lipinski definition) is 1. The van der Waals surface area contributed by atoms with E-state index in [1.807, 2.05) is 61.5 Å². The molecule has 0 saturated heterocycles. The SMILES string of the molecule is Cc1ccc(S(=O)(=O)n2cc(-c3cc(COCc4ccccc4)[nH]n3)c3ccccc32)cc1. The van der Waals surface area contributed by atoms with Crippen LogP contribution in [0.1, 0.15) is 16.8 Å². The predicted molar refractivity (Wildman–Crippen MR) is 128 cm³/mol. The first-order chi connectivity index (χ1) is 16.0. The third-order valence-corrected chi connectivity index (χ3v) is 7.22. The Morgan fingerprint density at radius 2 is 1.64 bits per heavy atom. The number of fused-ring (bicyclic) bond motifs is 1. The summed E-state index contributed by atoms with van der Waals surface area (Å²) in [6, 6.07) is 26.2. The fourth-order valence-electron chi connectivity index (χ4n) is 3.80. The Hall–Kier alpha value is -3.68. The Balaban J connectivity index is 1.46. The molecule has 2 aromatic heterocycles. The summed E-state index contributed by atoms with van der Waals surface area (Å²) in [6.07, 6.45) is 1.64. The van der Waals surface area contributed by atoms with Gasteiger partial charge in [0.25, 0.3) is 10.0 Å². The van der Waals surface area contributed by atoms with Crippen LogP contribution in [0.5, 0.6) is 0 Å². The molecule has 7 heteroatoms. The summed E-state index contributed by atoms with van der Waals surface area (Å²) in [7, 11) is -3.75. The van der Waals surface area contributed by atoms with Crippen LogP contribution < -0.4 is 0 Å². The summed E-state index contributed by atoms with van der Waals surface area (Å²) in [4.78, 5) is 0.248. The lowest BCUT2D eigenvalue weighted by Crippen LogP contribution is -2.11. The van der Waals surface area contributed by atoms with Gasteiger partial charge in [-0.25, -0.2) is 12.4 Å². The van der Waals surface area contributed by atoms with Crippen molar-refractivity contribution >= 4 is 20.9 Å². The minimum atomic E-state index is -3.75. The molecule has 0 fully saturated rings. The maximum atomic E-state index is 13.4. The van der Waals surface area contributed by atoms with Crippen LogP contribution in [0.4, 0.5) is 0 Å². The zero-order valence-electron chi connectivity index (χ0n) is 18.1. The van der Waals surface area contributed by atoms with E-state index in [0.717, 1.165) is 27.8 Å². The van der Waals surface area contributed by atoms with Crippen molar-refractivity contribution in [3.05, 3.63) is 108 Å². The fraction of sp³-hybridized carbons (Fsp3) is 0.115. The molecule has 0 unspecified atom stereocenters. The minimum Gasteiger partial charge on any atom is -0.371 e. The highest BCUT2D eigenvalue weighted by Gasteiger charge is 2.22. The molecule has 5 rings (SSSR count). The number of rotatable bonds is 7. The minimum absolute atomic E-state index is 0.248. The Morgan fingerprint density at radius 3 is 2.42 bits per heavy atom. The fourth-order valence-corrected chi connectivity index (χ4v) is 5.17. The summed E-state index contributed by atoms with van der Waals surface area (Å²) in [5.41, 5.74) is 4.94. The quantitative estimate of drug-likeness (QED) is 0.360. The molecule has 3 aromatic carbocycles. The highest BCUT2D eigenvalue weighted by molar-refractivity contribution is 7.90. The average Bonchev–Trinajstić information content (AvgIpc) is 3.45. The van der Waals surface area contributed by atoms with E-state index in [2.05, 4.69) is 10.2 Å². The first-order valence-electron chi connectivity index (χ1n) is 10.6. The van der Waals surface area contributed by atoms with Crippen LogP contribution in [0.3, 0.4) is 0 Å². The van der Waals surface area contributed by atoms with Gasteiger partial charge in [-0.05, 0) is 36.8 Å². The van der Waals surface area contributed by atoms with Crippen LogP contribution in [0, 0.1) is 6.92 Å². The van der Waals surface area contributed by atoms with Gasteiger partial charge in [-0.2, -0.15) is 5.10 Å². The summed E-state index contributed by atoms with van der Waals surface area (Å²) in [5, 5.41) is 8.25. The van der Waals surface area contributed by atoms with Gasteiger partial charge in [-0.3, -0.25) is 5.10 Å². The molecule has 1 N–H and O–H groups in total. The summed E-state index contributed by atoms with van der Waals surface area (Å²) in [6.45, 7) is 2.81. The molecule has 0 saturated carbocycles. The molecule has 166 valence electrons. The van der Waals surface area contributed by atoms with Crippen LogP contribution >= 0.6 is 0 Å². The van der Waals surface area contributed by atoms with E-state index < -0.39 is 10.0 Å². The van der Waals surface area contributed by atoms with Gasteiger partial charge in [0.05, 0.1) is 35.0 Å². The monoisotopic (exact) mass is 457 g/mol. The molecule has 0 atom stereocenters. The smallest absolute Gasteiger partial charge is 0.268 e. The zero-order chi connectivity index (χ0) is 22.8. The van der Waals surface area contributed by atoms with Gasteiger partial charge in [0.15, 0.2) is 0 Å². The molecular formula is C26H23N3O3S. The third kappa shape index (κ3) is 4.20. The maximum absolute atomic E-state index is 13.4. The van der Waals surface area contributed by atoms with Crippen molar-refractivity contribution in [2.24, 2.45) is 0 Å². The molecule has 5 aromatic rings. The molecule has 33 heavy (non-hydrogen) atoms. The Kier molecular flexibility index (Phi) is 5.58. The van der Waals surface area contributed by atoms with E-state index in [0.29, 0.717) is 24.4 Å². The van der Waals surface area contributed by atoms with Crippen LogP contribution in [0.25, 0.3) is 22.2 Å². The summed E-state index contributed by atoms with van der Waals surface area (Å²) < 4.78 is 33.9. The van der Waals surface area contributed by atoms with E-state index in [9.17, 15) is 8.42 Å². The molecule has 6 nitrogen and oxygen atoms in total. The van der Waals surface area contributed by atoms with Gasteiger partial charge in [0, 0.05) is 17.1 Å². The first kappa shape index (κ1) is 21.2. The molecule has 0 spiro atoms. The molecule has 0 radical (unpaired) electrons. The van der Waals surface area contributed by atoms with Crippen molar-refractivity contribution < 1.29 is 13.2 Å². The molecule has 0 bridgehead atoms. The van der Waals surface area contributed by atoms with Crippen LogP contribution in [0.15, 0.2) is 96.0 Å². The van der Waals surface area contributed by atoms with Crippen molar-refractivity contribution in [2.75, 3.05) is 0 Å². The molecule has 0 aliphatic heterocycles. The second-order valence-corrected chi connectivity index (χ2v) is 9.75. The Bertz CT molecular complexity index is 1500. The number of nitrogens with zero attached hydrogens (tertiary/aromatic N) is 2. The second kappa shape index (κ2) is 8.69. The molecular weight excluding hydrogens is 434 g/mol. The van der Waals surface area contributed by atoms with Crippen molar-refractivity contribution in [2.45, 2.75) is 25.0 Å². The predicted octanol–water partition coefficient (Wildman–Crippen LogP) is 5.29. The average molecular weight is 458 g/mol. The Labute approximate surface area is 192 Å². The van der Waals surface area contributed by atoms with Crippen LogP contribution in [-0.4, -0.2) is 22.6 Å². The van der Waals surface area contributed by atoms with Gasteiger partial charge >= 0.3 is 0 Å². The lowest BCUT2D eigenvalue weighted by molar-refractivity contribution is 0.104. The van der Waals surface area contributed by atoms with Crippen molar-refractivity contribution in [3.63, 3.8) is 0 Å². The van der Waals surface area contributed by atoms with E-state index >= 15 is 0 Å². The van der Waals surface area contributed by atoms with Gasteiger partial charge < -0.3 is 4.74 Å². The molecule has 0 amide bonds. The van der Waals surface area contributed by atoms with Crippen LogP contribution in [-0.2, 0) is 28.0 Å². The molecule has 2 heterocycles. The highest BCUT2D eigenvalue weighted by atomic mass is 32.2. The number of H-pyrrole nitrogens is 1. The topological polar surface area (TPSA) is 77.0 Å². The second-order valence-electron chi connectivity index (χ2n) is 7.93. The number of aryl methyl sites for hydroxylation is 1. The number of ether oxygens (including phenoxy) is 1. The number of nitrogens with one attached hydrogen (secondary N) is 1. The maximum Gasteiger partial charge on any atom is 0.268 e. The van der Waals surface area contributed by atoms with E-state index in [1.165, 1.54) is 3.97 Å². The third-order valence-electron chi connectivity index (χ3n) is 5.53. The number of benzene rings is 3. The highest BCUT2D eigenvalue weighted by Crippen LogP contribution is 2.32. The molecule has 0 aliphatic rings. The van der Waals surface area contributed by atoms with Crippen LogP contribution in [0.2, 0.25) is 0 Å². The van der Waals surface area contributed by atoms with Crippen molar-refractivity contribution in [1.29, 1.82) is 0 Å².